The minimum absolute atomic E-state index is 0.0159. The van der Waals surface area contributed by atoms with E-state index >= 15 is 0 Å². The first-order chi connectivity index (χ1) is 11.5. The van der Waals surface area contributed by atoms with Gasteiger partial charge >= 0.3 is 0 Å². The van der Waals surface area contributed by atoms with Gasteiger partial charge in [0.25, 0.3) is 5.91 Å². The van der Waals surface area contributed by atoms with Crippen molar-refractivity contribution < 1.29 is 13.2 Å². The minimum atomic E-state index is -3.54. The van der Waals surface area contributed by atoms with E-state index in [1.165, 1.54) is 44.9 Å². The first kappa shape index (κ1) is 20.7. The highest BCUT2D eigenvalue weighted by molar-refractivity contribution is 7.90. The van der Waals surface area contributed by atoms with E-state index in [4.69, 9.17) is 0 Å². The van der Waals surface area contributed by atoms with Gasteiger partial charge < -0.3 is 0 Å². The molecule has 1 rings (SSSR count). The summed E-state index contributed by atoms with van der Waals surface area (Å²) in [6.45, 7) is 2.22. The van der Waals surface area contributed by atoms with Crippen LogP contribution in [0.2, 0.25) is 0 Å². The van der Waals surface area contributed by atoms with Crippen LogP contribution in [0.3, 0.4) is 0 Å². The third-order valence-electron chi connectivity index (χ3n) is 4.05. The van der Waals surface area contributed by atoms with Crippen LogP contribution in [0, 0.1) is 0 Å². The number of unbranched alkanes of at least 4 members (excludes halogenated alkanes) is 9. The lowest BCUT2D eigenvalue weighted by molar-refractivity contribution is 0.0981. The summed E-state index contributed by atoms with van der Waals surface area (Å²) in [6.07, 6.45) is 11.5. The van der Waals surface area contributed by atoms with Gasteiger partial charge in [-0.2, -0.15) is 0 Å². The van der Waals surface area contributed by atoms with E-state index in [1.807, 2.05) is 0 Å². The molecule has 0 saturated heterocycles. The molecule has 0 unspecified atom stereocenters. The second-order valence-corrected chi connectivity index (χ2v) is 8.14. The van der Waals surface area contributed by atoms with Crippen LogP contribution in [0.5, 0.6) is 0 Å². The third-order valence-corrected chi connectivity index (χ3v) is 5.37. The second kappa shape index (κ2) is 12.1. The number of carbonyl (C=O) groups is 1. The summed E-state index contributed by atoms with van der Waals surface area (Å²) in [5, 5.41) is 0. The van der Waals surface area contributed by atoms with Crippen molar-refractivity contribution in [1.82, 2.24) is 4.72 Å². The lowest BCUT2D eigenvalue weighted by Gasteiger charge is -2.07. The summed E-state index contributed by atoms with van der Waals surface area (Å²) in [5.74, 6) is -0.537. The van der Waals surface area contributed by atoms with Crippen molar-refractivity contribution >= 4 is 15.9 Å². The average Bonchev–Trinajstić information content (AvgIpc) is 2.57. The molecule has 0 heterocycles. The fourth-order valence-electron chi connectivity index (χ4n) is 2.62. The molecule has 0 radical (unpaired) electrons. The van der Waals surface area contributed by atoms with Crippen molar-refractivity contribution in [2.45, 2.75) is 71.1 Å². The first-order valence-electron chi connectivity index (χ1n) is 9.15. The molecule has 24 heavy (non-hydrogen) atoms. The quantitative estimate of drug-likeness (QED) is 0.524. The summed E-state index contributed by atoms with van der Waals surface area (Å²) < 4.78 is 26.0. The molecule has 1 N–H and O–H groups in total. The van der Waals surface area contributed by atoms with E-state index in [0.29, 0.717) is 12.0 Å². The lowest BCUT2D eigenvalue weighted by Crippen LogP contribution is -2.32. The Hall–Kier alpha value is -1.36. The first-order valence-corrected chi connectivity index (χ1v) is 10.8. The molecule has 0 bridgehead atoms. The predicted molar refractivity (Wildman–Crippen MR) is 99.5 cm³/mol. The summed E-state index contributed by atoms with van der Waals surface area (Å²) in [7, 11) is -3.54. The molecule has 0 aromatic heterocycles. The molecule has 0 saturated carbocycles. The van der Waals surface area contributed by atoms with Gasteiger partial charge in [0.05, 0.1) is 5.75 Å². The zero-order chi connectivity index (χ0) is 17.7. The van der Waals surface area contributed by atoms with Crippen LogP contribution in [0.15, 0.2) is 30.3 Å². The summed E-state index contributed by atoms with van der Waals surface area (Å²) >= 11 is 0. The Morgan fingerprint density at radius 2 is 1.33 bits per heavy atom. The molecule has 0 atom stereocenters. The fraction of sp³-hybridized carbons (Fsp3) is 0.632. The molecule has 1 amide bonds. The maximum absolute atomic E-state index is 11.9. The lowest BCUT2D eigenvalue weighted by atomic mass is 10.1. The summed E-state index contributed by atoms with van der Waals surface area (Å²) in [5.41, 5.74) is 0.365. The predicted octanol–water partition coefficient (Wildman–Crippen LogP) is 4.67. The van der Waals surface area contributed by atoms with Crippen molar-refractivity contribution in [1.29, 1.82) is 0 Å². The molecule has 0 aliphatic carbocycles. The Morgan fingerprint density at radius 3 is 1.88 bits per heavy atom. The number of sulfonamides is 1. The van der Waals surface area contributed by atoms with Crippen molar-refractivity contribution in [3.8, 4) is 0 Å². The van der Waals surface area contributed by atoms with Gasteiger partial charge in [-0.3, -0.25) is 4.79 Å². The van der Waals surface area contributed by atoms with Crippen LogP contribution < -0.4 is 4.72 Å². The van der Waals surface area contributed by atoms with Crippen LogP contribution in [-0.4, -0.2) is 20.1 Å². The van der Waals surface area contributed by atoms with Crippen LogP contribution >= 0.6 is 0 Å². The number of amides is 1. The topological polar surface area (TPSA) is 63.2 Å². The molecule has 5 heteroatoms. The fourth-order valence-corrected chi connectivity index (χ4v) is 3.71. The van der Waals surface area contributed by atoms with E-state index in [2.05, 4.69) is 11.6 Å². The Kier molecular flexibility index (Phi) is 10.4. The highest BCUT2D eigenvalue weighted by atomic mass is 32.2. The zero-order valence-electron chi connectivity index (χ0n) is 14.8. The van der Waals surface area contributed by atoms with Crippen molar-refractivity contribution in [2.75, 3.05) is 5.75 Å². The van der Waals surface area contributed by atoms with Crippen molar-refractivity contribution in [3.63, 3.8) is 0 Å². The Balaban J connectivity index is 2.10. The van der Waals surface area contributed by atoms with Crippen molar-refractivity contribution in [3.05, 3.63) is 35.9 Å². The number of benzene rings is 1. The number of hydrogen-bond acceptors (Lipinski definition) is 3. The molecule has 136 valence electrons. The highest BCUT2D eigenvalue weighted by Gasteiger charge is 2.15. The van der Waals surface area contributed by atoms with Gasteiger partial charge in [0, 0.05) is 5.56 Å². The number of rotatable bonds is 13. The van der Waals surface area contributed by atoms with E-state index in [-0.39, 0.29) is 5.75 Å². The minimum Gasteiger partial charge on any atom is -0.268 e. The molecule has 4 nitrogen and oxygen atoms in total. The Labute approximate surface area is 147 Å². The van der Waals surface area contributed by atoms with Gasteiger partial charge in [0.2, 0.25) is 10.0 Å². The van der Waals surface area contributed by atoms with Crippen LogP contribution in [0.25, 0.3) is 0 Å². The van der Waals surface area contributed by atoms with Gasteiger partial charge in [-0.1, -0.05) is 82.9 Å². The second-order valence-electron chi connectivity index (χ2n) is 6.30. The van der Waals surface area contributed by atoms with E-state index in [9.17, 15) is 13.2 Å². The zero-order valence-corrected chi connectivity index (χ0v) is 15.6. The van der Waals surface area contributed by atoms with Crippen LogP contribution in [-0.2, 0) is 10.0 Å². The average molecular weight is 354 g/mol. The van der Waals surface area contributed by atoms with Gasteiger partial charge in [-0.25, -0.2) is 13.1 Å². The van der Waals surface area contributed by atoms with E-state index in [1.54, 1.807) is 30.3 Å². The SMILES string of the molecule is CCCCCCCCCCCCS(=O)(=O)NC(=O)c1ccccc1. The molecular formula is C19H31NO3S. The van der Waals surface area contributed by atoms with Gasteiger partial charge in [-0.05, 0) is 18.6 Å². The molecule has 1 aromatic carbocycles. The smallest absolute Gasteiger partial charge is 0.264 e. The molecule has 1 aromatic rings. The Bertz CT molecular complexity index is 555. The standard InChI is InChI=1S/C19H31NO3S/c1-2-3-4-5-6-7-8-9-10-14-17-24(22,23)20-19(21)18-15-12-11-13-16-18/h11-13,15-16H,2-10,14,17H2,1H3,(H,20,21). The molecular weight excluding hydrogens is 322 g/mol. The monoisotopic (exact) mass is 353 g/mol. The Morgan fingerprint density at radius 1 is 0.833 bits per heavy atom. The third kappa shape index (κ3) is 9.71. The van der Waals surface area contributed by atoms with Crippen molar-refractivity contribution in [2.24, 2.45) is 0 Å². The van der Waals surface area contributed by atoms with Crippen LogP contribution in [0.4, 0.5) is 0 Å². The molecule has 0 aliphatic heterocycles. The van der Waals surface area contributed by atoms with Gasteiger partial charge in [-0.15, -0.1) is 0 Å². The normalized spacial score (nSPS) is 11.4. The van der Waals surface area contributed by atoms with Gasteiger partial charge in [0.15, 0.2) is 0 Å². The van der Waals surface area contributed by atoms with E-state index in [0.717, 1.165) is 12.8 Å². The molecule has 0 fully saturated rings. The van der Waals surface area contributed by atoms with Crippen LogP contribution in [0.1, 0.15) is 81.5 Å². The maximum atomic E-state index is 11.9. The van der Waals surface area contributed by atoms with E-state index < -0.39 is 15.9 Å². The summed E-state index contributed by atoms with van der Waals surface area (Å²) in [4.78, 5) is 11.9. The molecule has 0 aliphatic rings. The number of carbonyl (C=O) groups excluding carboxylic acids is 1. The molecule has 0 spiro atoms. The largest absolute Gasteiger partial charge is 0.268 e. The maximum Gasteiger partial charge on any atom is 0.264 e. The number of nitrogens with one attached hydrogen (secondary N) is 1. The van der Waals surface area contributed by atoms with Gasteiger partial charge in [0.1, 0.15) is 0 Å². The highest BCUT2D eigenvalue weighted by Crippen LogP contribution is 2.11. The number of hydrogen-bond donors (Lipinski definition) is 1. The summed E-state index contributed by atoms with van der Waals surface area (Å²) in [6, 6.07) is 8.42.